The lowest BCUT2D eigenvalue weighted by atomic mass is 10.2. The van der Waals surface area contributed by atoms with Crippen molar-refractivity contribution in [1.29, 1.82) is 0 Å². The van der Waals surface area contributed by atoms with Crippen LogP contribution in [0.3, 0.4) is 0 Å². The number of primary amides is 1. The molecule has 9 heteroatoms. The Morgan fingerprint density at radius 3 is 2.62 bits per heavy atom. The third kappa shape index (κ3) is 4.20. The fourth-order valence-corrected chi connectivity index (χ4v) is 3.76. The van der Waals surface area contributed by atoms with Gasteiger partial charge in [-0.2, -0.15) is 0 Å². The van der Waals surface area contributed by atoms with Crippen LogP contribution in [0.2, 0.25) is 5.02 Å². The van der Waals surface area contributed by atoms with Crippen molar-refractivity contribution >= 4 is 33.2 Å². The van der Waals surface area contributed by atoms with Crippen molar-refractivity contribution in [2.45, 2.75) is 17.7 Å². The summed E-state index contributed by atoms with van der Waals surface area (Å²) in [6, 6.07) is 7.96. The normalized spacial score (nSPS) is 14.0. The van der Waals surface area contributed by atoms with Gasteiger partial charge in [0.25, 0.3) is 10.0 Å². The number of anilines is 1. The number of nitrogens with one attached hydrogen (secondary N) is 1. The van der Waals surface area contributed by atoms with Crippen LogP contribution in [0.4, 0.5) is 5.69 Å². The van der Waals surface area contributed by atoms with Gasteiger partial charge in [0, 0.05) is 10.6 Å². The number of carbonyl (C=O) groups is 1. The summed E-state index contributed by atoms with van der Waals surface area (Å²) in [4.78, 5) is 11.0. The van der Waals surface area contributed by atoms with Gasteiger partial charge >= 0.3 is 0 Å². The molecule has 138 valence electrons. The number of phenols is 1. The van der Waals surface area contributed by atoms with Gasteiger partial charge in [-0.05, 0) is 55.2 Å². The minimum atomic E-state index is -4.09. The third-order valence-electron chi connectivity index (χ3n) is 3.89. The summed E-state index contributed by atoms with van der Waals surface area (Å²) in [5.74, 6) is -0.533. The summed E-state index contributed by atoms with van der Waals surface area (Å²) < 4.78 is 33.4. The van der Waals surface area contributed by atoms with Gasteiger partial charge in [0.05, 0.1) is 12.3 Å². The van der Waals surface area contributed by atoms with Crippen molar-refractivity contribution in [2.24, 2.45) is 11.7 Å². The quantitative estimate of drug-likeness (QED) is 0.622. The highest BCUT2D eigenvalue weighted by atomic mass is 35.5. The average molecular weight is 397 g/mol. The molecule has 0 bridgehead atoms. The number of amides is 1. The second kappa shape index (κ2) is 7.05. The minimum absolute atomic E-state index is 0.0571. The number of hydrogen-bond donors (Lipinski definition) is 3. The van der Waals surface area contributed by atoms with E-state index < -0.39 is 21.7 Å². The van der Waals surface area contributed by atoms with Crippen molar-refractivity contribution in [1.82, 2.24) is 0 Å². The summed E-state index contributed by atoms with van der Waals surface area (Å²) in [6.45, 7) is 0.433. The highest BCUT2D eigenvalue weighted by molar-refractivity contribution is 7.92. The topological polar surface area (TPSA) is 119 Å². The van der Waals surface area contributed by atoms with Crippen LogP contribution in [0, 0.1) is 5.92 Å². The van der Waals surface area contributed by atoms with E-state index in [1.165, 1.54) is 24.3 Å². The van der Waals surface area contributed by atoms with E-state index in [2.05, 4.69) is 4.72 Å². The van der Waals surface area contributed by atoms with Gasteiger partial charge in [0.15, 0.2) is 0 Å². The zero-order valence-electron chi connectivity index (χ0n) is 13.6. The Bertz CT molecular complexity index is 958. The number of carbonyl (C=O) groups excluding carboxylic acids is 1. The molecule has 1 amide bonds. The third-order valence-corrected chi connectivity index (χ3v) is 5.52. The van der Waals surface area contributed by atoms with Crippen molar-refractivity contribution in [2.75, 3.05) is 11.3 Å². The Kier molecular flexibility index (Phi) is 4.97. The zero-order chi connectivity index (χ0) is 18.9. The first-order chi connectivity index (χ1) is 12.3. The summed E-state index contributed by atoms with van der Waals surface area (Å²) in [7, 11) is -4.09. The molecule has 2 aromatic carbocycles. The maximum Gasteiger partial charge on any atom is 0.265 e. The summed E-state index contributed by atoms with van der Waals surface area (Å²) >= 11 is 5.94. The number of phenolic OH excluding ortho intramolecular Hbond substituents is 1. The number of hydrogen-bond acceptors (Lipinski definition) is 5. The molecule has 1 saturated carbocycles. The lowest BCUT2D eigenvalue weighted by Crippen LogP contribution is -2.16. The molecule has 2 aromatic rings. The Hall–Kier alpha value is -2.45. The number of halogens is 1. The molecule has 4 N–H and O–H groups in total. The molecule has 26 heavy (non-hydrogen) atoms. The SMILES string of the molecule is NC(=O)c1ccc(NS(=O)(=O)c2cc(Cl)ccc2OCC2CC2)c(O)c1. The molecule has 0 spiro atoms. The number of rotatable bonds is 7. The number of ether oxygens (including phenoxy) is 1. The van der Waals surface area contributed by atoms with Crippen LogP contribution in [0.25, 0.3) is 0 Å². The van der Waals surface area contributed by atoms with Gasteiger partial charge in [-0.1, -0.05) is 11.6 Å². The monoisotopic (exact) mass is 396 g/mol. The predicted molar refractivity (Wildman–Crippen MR) is 97.1 cm³/mol. The first kappa shape index (κ1) is 18.3. The number of aromatic hydroxyl groups is 1. The van der Waals surface area contributed by atoms with Gasteiger partial charge in [-0.3, -0.25) is 9.52 Å². The highest BCUT2D eigenvalue weighted by Crippen LogP contribution is 2.34. The van der Waals surface area contributed by atoms with Gasteiger partial charge in [-0.15, -0.1) is 0 Å². The lowest BCUT2D eigenvalue weighted by molar-refractivity contribution is 0.1000. The Morgan fingerprint density at radius 2 is 2.00 bits per heavy atom. The van der Waals surface area contributed by atoms with Crippen molar-refractivity contribution in [3.05, 3.63) is 47.0 Å². The molecule has 0 saturated heterocycles. The van der Waals surface area contributed by atoms with E-state index in [1.54, 1.807) is 6.07 Å². The van der Waals surface area contributed by atoms with E-state index in [0.29, 0.717) is 12.5 Å². The molecule has 1 fully saturated rings. The van der Waals surface area contributed by atoms with Gasteiger partial charge in [0.2, 0.25) is 5.91 Å². The lowest BCUT2D eigenvalue weighted by Gasteiger charge is -2.14. The molecule has 0 heterocycles. The van der Waals surface area contributed by atoms with Crippen LogP contribution < -0.4 is 15.2 Å². The second-order valence-electron chi connectivity index (χ2n) is 6.05. The number of benzene rings is 2. The molecule has 7 nitrogen and oxygen atoms in total. The van der Waals surface area contributed by atoms with Crippen LogP contribution in [-0.4, -0.2) is 26.0 Å². The van der Waals surface area contributed by atoms with Crippen LogP contribution in [0.15, 0.2) is 41.3 Å². The summed E-state index contributed by atoms with van der Waals surface area (Å²) in [5, 5.41) is 10.2. The van der Waals surface area contributed by atoms with E-state index in [0.717, 1.165) is 18.9 Å². The molecular weight excluding hydrogens is 380 g/mol. The smallest absolute Gasteiger partial charge is 0.265 e. The fraction of sp³-hybridized carbons (Fsp3) is 0.235. The molecule has 0 aromatic heterocycles. The molecule has 0 aliphatic heterocycles. The van der Waals surface area contributed by atoms with E-state index >= 15 is 0 Å². The van der Waals surface area contributed by atoms with Gasteiger partial charge in [0.1, 0.15) is 16.4 Å². The van der Waals surface area contributed by atoms with E-state index in [4.69, 9.17) is 22.1 Å². The molecule has 0 atom stereocenters. The van der Waals surface area contributed by atoms with E-state index in [9.17, 15) is 18.3 Å². The average Bonchev–Trinajstić information content (AvgIpc) is 3.39. The van der Waals surface area contributed by atoms with Crippen LogP contribution in [-0.2, 0) is 10.0 Å². The predicted octanol–water partition coefficient (Wildman–Crippen LogP) is 2.73. The molecule has 1 aliphatic rings. The fourth-order valence-electron chi connectivity index (χ4n) is 2.27. The van der Waals surface area contributed by atoms with Crippen LogP contribution >= 0.6 is 11.6 Å². The molecule has 3 rings (SSSR count). The Labute approximate surface area is 155 Å². The summed E-state index contributed by atoms with van der Waals surface area (Å²) in [6.07, 6.45) is 2.13. The Morgan fingerprint density at radius 1 is 1.27 bits per heavy atom. The minimum Gasteiger partial charge on any atom is -0.506 e. The first-order valence-corrected chi connectivity index (χ1v) is 9.70. The maximum atomic E-state index is 12.8. The first-order valence-electron chi connectivity index (χ1n) is 7.84. The largest absolute Gasteiger partial charge is 0.506 e. The van der Waals surface area contributed by atoms with Crippen molar-refractivity contribution in [3.63, 3.8) is 0 Å². The van der Waals surface area contributed by atoms with Gasteiger partial charge < -0.3 is 15.6 Å². The van der Waals surface area contributed by atoms with Crippen LogP contribution in [0.5, 0.6) is 11.5 Å². The van der Waals surface area contributed by atoms with Crippen molar-refractivity contribution < 1.29 is 23.1 Å². The maximum absolute atomic E-state index is 12.8. The zero-order valence-corrected chi connectivity index (χ0v) is 15.2. The molecule has 0 radical (unpaired) electrons. The Balaban J connectivity index is 1.90. The molecular formula is C17H17ClN2O5S. The van der Waals surface area contributed by atoms with Gasteiger partial charge in [-0.25, -0.2) is 8.42 Å². The van der Waals surface area contributed by atoms with Crippen molar-refractivity contribution in [3.8, 4) is 11.5 Å². The van der Waals surface area contributed by atoms with E-state index in [1.807, 2.05) is 0 Å². The molecule has 0 unspecified atom stereocenters. The number of nitrogens with two attached hydrogens (primary N) is 1. The summed E-state index contributed by atoms with van der Waals surface area (Å²) in [5.41, 5.74) is 5.09. The van der Waals surface area contributed by atoms with Crippen LogP contribution in [0.1, 0.15) is 23.2 Å². The number of sulfonamides is 1. The molecule has 1 aliphatic carbocycles. The second-order valence-corrected chi connectivity index (χ2v) is 8.13. The van der Waals surface area contributed by atoms with E-state index in [-0.39, 0.29) is 26.9 Å². The standard InChI is InChI=1S/C17H17ClN2O5S/c18-12-4-6-15(25-9-10-1-2-10)16(8-12)26(23,24)20-13-5-3-11(17(19)22)7-14(13)21/h3-8,10,20-21H,1-2,9H2,(H2,19,22). The highest BCUT2D eigenvalue weighted by Gasteiger charge is 2.25.